The molecule has 0 saturated carbocycles. The van der Waals surface area contributed by atoms with E-state index < -0.39 is 23.6 Å². The minimum atomic E-state index is -1.30. The fraction of sp³-hybridized carbons (Fsp3) is 0.206. The van der Waals surface area contributed by atoms with Crippen LogP contribution in [0.1, 0.15) is 75.2 Å². The zero-order valence-electron chi connectivity index (χ0n) is 25.3. The van der Waals surface area contributed by atoms with Crippen molar-refractivity contribution in [1.82, 2.24) is 19.9 Å². The quantitative estimate of drug-likeness (QED) is 0.185. The molecule has 0 amide bonds. The van der Waals surface area contributed by atoms with E-state index in [-0.39, 0.29) is 28.6 Å². The normalized spacial score (nSPS) is 15.7. The second-order valence-corrected chi connectivity index (χ2v) is 10.8. The molecule has 0 radical (unpaired) electrons. The summed E-state index contributed by atoms with van der Waals surface area (Å²) in [5.74, 6) is -3.63. The van der Waals surface area contributed by atoms with Crippen molar-refractivity contribution in [3.63, 3.8) is 0 Å². The monoisotopic (exact) mass is 596 g/mol. The average Bonchev–Trinajstić information content (AvgIpc) is 3.70. The predicted molar refractivity (Wildman–Crippen MR) is 170 cm³/mol. The summed E-state index contributed by atoms with van der Waals surface area (Å²) < 4.78 is 5.07. The zero-order valence-corrected chi connectivity index (χ0v) is 26.7. The second kappa shape index (κ2) is 11.2. The molecule has 1 atom stereocenters. The van der Waals surface area contributed by atoms with Gasteiger partial charge in [-0.3, -0.25) is 9.59 Å². The van der Waals surface area contributed by atoms with Crippen LogP contribution in [0, 0.1) is 20.8 Å². The molecule has 216 valence electrons. The second-order valence-electron chi connectivity index (χ2n) is 10.8. The van der Waals surface area contributed by atoms with Gasteiger partial charge in [-0.1, -0.05) is 47.5 Å². The van der Waals surface area contributed by atoms with Gasteiger partial charge in [-0.15, -0.1) is 22.1 Å². The number of carboxylic acids is 1. The number of ether oxygens (including phenoxy) is 1. The van der Waals surface area contributed by atoms with Crippen molar-refractivity contribution in [2.24, 2.45) is 0 Å². The number of aliphatic carboxylic acids is 1. The minimum Gasteiger partial charge on any atom is -0.657 e. The van der Waals surface area contributed by atoms with Gasteiger partial charge in [0.1, 0.15) is 5.92 Å². The number of carbonyl (C=O) groups is 3. The molecule has 0 spiro atoms. The molecule has 3 aliphatic rings. The Kier molecular flexibility index (Phi) is 7.85. The summed E-state index contributed by atoms with van der Waals surface area (Å²) in [7, 11) is 1.22. The Hall–Kier alpha value is -4.54. The molecule has 2 aliphatic heterocycles. The third kappa shape index (κ3) is 4.56. The van der Waals surface area contributed by atoms with Gasteiger partial charge in [0, 0.05) is 22.8 Å². The summed E-state index contributed by atoms with van der Waals surface area (Å²) in [5, 5.41) is 9.45. The summed E-state index contributed by atoms with van der Waals surface area (Å²) in [6.07, 6.45) is 4.19. The Morgan fingerprint density at radius 3 is 2.05 bits per heavy atom. The van der Waals surface area contributed by atoms with E-state index in [1.165, 1.54) is 13.2 Å². The van der Waals surface area contributed by atoms with Crippen LogP contribution in [0.2, 0.25) is 0 Å². The first-order valence-corrected chi connectivity index (χ1v) is 13.7. The van der Waals surface area contributed by atoms with E-state index in [1.54, 1.807) is 13.0 Å². The molecule has 3 aromatic heterocycles. The van der Waals surface area contributed by atoms with Crippen LogP contribution in [0.4, 0.5) is 0 Å². The first kappa shape index (κ1) is 30.9. The van der Waals surface area contributed by atoms with Crippen LogP contribution in [0.25, 0.3) is 44.4 Å². The van der Waals surface area contributed by atoms with Crippen molar-refractivity contribution in [2.75, 3.05) is 7.11 Å². The largest absolute Gasteiger partial charge is 2.00 e. The number of nitrogens with zero attached hydrogens (tertiary/aromatic N) is 4. The summed E-state index contributed by atoms with van der Waals surface area (Å²) in [6, 6.07) is 5.60. The van der Waals surface area contributed by atoms with Crippen LogP contribution in [0.3, 0.4) is 0 Å². The third-order valence-electron chi connectivity index (χ3n) is 8.54. The Morgan fingerprint density at radius 1 is 0.886 bits per heavy atom. The van der Waals surface area contributed by atoms with Crippen molar-refractivity contribution < 1.29 is 24.2 Å². The van der Waals surface area contributed by atoms with E-state index in [2.05, 4.69) is 6.58 Å². The maximum absolute atomic E-state index is 13.9. The molecule has 10 heteroatoms. The van der Waals surface area contributed by atoms with Crippen LogP contribution in [0.15, 0.2) is 43.0 Å². The Morgan fingerprint density at radius 2 is 1.45 bits per heavy atom. The number of rotatable bonds is 4. The van der Waals surface area contributed by atoms with E-state index in [0.717, 1.165) is 39.6 Å². The molecule has 3 aromatic rings. The number of esters is 1. The molecule has 6 rings (SSSR count). The van der Waals surface area contributed by atoms with Crippen LogP contribution in [-0.2, 0) is 14.3 Å². The number of ketones is 1. The number of Topliss-reactive ketones (excluding diaryl/α,β-unsaturated/α-hetero) is 1. The van der Waals surface area contributed by atoms with E-state index in [4.69, 9.17) is 24.7 Å². The molecular weight excluding hydrogens is 569 g/mol. The maximum atomic E-state index is 13.9. The number of carbonyl (C=O) groups excluding carboxylic acids is 2. The first-order chi connectivity index (χ1) is 20.5. The fourth-order valence-electron chi connectivity index (χ4n) is 5.95. The van der Waals surface area contributed by atoms with Crippen LogP contribution in [-0.4, -0.2) is 63.0 Å². The topological polar surface area (TPSA) is 135 Å². The number of allylic oxidation sites excluding steroid dienone is 6. The molecule has 1 aliphatic carbocycles. The molecule has 9 nitrogen and oxygen atoms in total. The summed E-state index contributed by atoms with van der Waals surface area (Å²) >= 11 is 0. The van der Waals surface area contributed by atoms with Crippen molar-refractivity contribution >= 4 is 85.1 Å². The van der Waals surface area contributed by atoms with Gasteiger partial charge in [0.2, 0.25) is 0 Å². The van der Waals surface area contributed by atoms with Gasteiger partial charge in [0.15, 0.2) is 5.78 Å². The third-order valence-corrected chi connectivity index (χ3v) is 8.54. The summed E-state index contributed by atoms with van der Waals surface area (Å²) in [5.41, 5.74) is 10.6. The number of hydrogen-bond donors (Lipinski definition) is 1. The van der Waals surface area contributed by atoms with Gasteiger partial charge < -0.3 is 19.8 Å². The molecule has 44 heavy (non-hydrogen) atoms. The molecule has 0 saturated heterocycles. The maximum Gasteiger partial charge on any atom is 2.00 e. The van der Waals surface area contributed by atoms with Gasteiger partial charge in [0.25, 0.3) is 0 Å². The Bertz CT molecular complexity index is 2110. The van der Waals surface area contributed by atoms with Crippen molar-refractivity contribution in [1.29, 1.82) is 0 Å². The van der Waals surface area contributed by atoms with Gasteiger partial charge in [-0.2, -0.15) is 0 Å². The van der Waals surface area contributed by atoms with E-state index in [0.29, 0.717) is 55.9 Å². The van der Waals surface area contributed by atoms with Crippen molar-refractivity contribution in [3.05, 3.63) is 93.6 Å². The molecule has 0 fully saturated rings. The number of aryl methyl sites for hydroxylation is 3. The average molecular weight is 597 g/mol. The molecule has 8 bridgehead atoms. The number of carboxylic acid groups (broad SMARTS) is 1. The first-order valence-electron chi connectivity index (χ1n) is 13.7. The predicted octanol–water partition coefficient (Wildman–Crippen LogP) is 5.26. The van der Waals surface area contributed by atoms with Crippen molar-refractivity contribution in [2.45, 2.75) is 40.5 Å². The smallest absolute Gasteiger partial charge is 0.657 e. The SMILES string of the molecule is C=CC1=C(C)c2cc3[n-]c(cc4nc(c5c6[n-]c(cc1n2)c(C)c6C(=O)[C@@H]5C(=O)OC)C(/C=C/C(=O)O)=C4C)c(C)c3C.[Mg+2]. The zero-order chi connectivity index (χ0) is 30.9. The number of methoxy groups -OCH3 is 1. The number of fused-ring (bicyclic) bond motifs is 8. The number of hydrogen-bond acceptors (Lipinski definition) is 6. The fourth-order valence-corrected chi connectivity index (χ4v) is 5.95. The minimum absolute atomic E-state index is 0. The van der Waals surface area contributed by atoms with E-state index in [9.17, 15) is 19.5 Å². The molecular formula is C34H28MgN4O5. The Labute approximate surface area is 269 Å². The Balaban J connectivity index is 0.00000384. The molecule has 1 N–H and O–H groups in total. The van der Waals surface area contributed by atoms with Crippen LogP contribution < -0.4 is 9.97 Å². The van der Waals surface area contributed by atoms with E-state index >= 15 is 0 Å². The van der Waals surface area contributed by atoms with Crippen LogP contribution in [0.5, 0.6) is 0 Å². The molecule has 0 aromatic carbocycles. The van der Waals surface area contributed by atoms with Crippen molar-refractivity contribution in [3.8, 4) is 0 Å². The summed E-state index contributed by atoms with van der Waals surface area (Å²) in [4.78, 5) is 58.1. The molecule has 5 heterocycles. The van der Waals surface area contributed by atoms with Gasteiger partial charge in [0.05, 0.1) is 29.9 Å². The van der Waals surface area contributed by atoms with Gasteiger partial charge >= 0.3 is 35.0 Å². The van der Waals surface area contributed by atoms with Crippen LogP contribution >= 0.6 is 0 Å². The van der Waals surface area contributed by atoms with Gasteiger partial charge in [-0.25, -0.2) is 14.8 Å². The summed E-state index contributed by atoms with van der Waals surface area (Å²) in [6.45, 7) is 13.6. The van der Waals surface area contributed by atoms with E-state index in [1.807, 2.05) is 45.9 Å². The molecule has 0 unspecified atom stereocenters. The standard InChI is InChI=1S/C34H30N4O5.Mg/c1-8-19-16(4)23-11-21-14(2)15(3)22(35-21)12-24-17(5)20(9-10-27(39)40)31(37-24)29-30(34(42)43-7)33(41)28-18(6)25(38-32(28)29)13-26(19)36-23;/h8-13,30H,1H2,2-7H3,(H3,35,36,37,38,39,40,41);/q;+2/p-2/b10-9+,21-11?,22-12?,23-11?,24-12?,25-13?,26-13?,31-29?;/t30-;/m1./s1. The van der Waals surface area contributed by atoms with Gasteiger partial charge in [-0.05, 0) is 57.4 Å². The number of aromatic nitrogens is 4.